The van der Waals surface area contributed by atoms with Gasteiger partial charge < -0.3 is 10.4 Å². The first-order valence-electron chi connectivity index (χ1n) is 11.4. The molecule has 37 heavy (non-hydrogen) atoms. The van der Waals surface area contributed by atoms with E-state index in [1.165, 1.54) is 6.21 Å². The number of phenolic OH excluding ortho intramolecular Hbond substituents is 1. The van der Waals surface area contributed by atoms with Crippen LogP contribution in [0.15, 0.2) is 96.6 Å². The normalized spacial score (nSPS) is 11.0. The van der Waals surface area contributed by atoms with Crippen LogP contribution in [0.3, 0.4) is 0 Å². The van der Waals surface area contributed by atoms with Crippen molar-refractivity contribution in [2.75, 3.05) is 10.7 Å². The first kappa shape index (κ1) is 23.6. The Balaban J connectivity index is 1.21. The predicted octanol–water partition coefficient (Wildman–Crippen LogP) is 5.94. The molecule has 3 aromatic heterocycles. The van der Waals surface area contributed by atoms with Crippen molar-refractivity contribution in [1.82, 2.24) is 19.9 Å². The molecule has 0 saturated carbocycles. The molecule has 5 rings (SSSR count). The summed E-state index contributed by atoms with van der Waals surface area (Å²) in [6.45, 7) is 1.84. The number of hydrazone groups is 1. The fraction of sp³-hybridized carbons (Fsp3) is 0.0357. The molecule has 0 aliphatic heterocycles. The number of hydrogen-bond donors (Lipinski definition) is 3. The molecule has 0 radical (unpaired) electrons. The van der Waals surface area contributed by atoms with Crippen molar-refractivity contribution in [3.63, 3.8) is 0 Å². The average Bonchev–Trinajstić information content (AvgIpc) is 2.91. The maximum absolute atomic E-state index is 14.3. The minimum atomic E-state index is -0.525. The number of nitrogens with zero attached hydrogens (tertiary/aromatic N) is 5. The first-order chi connectivity index (χ1) is 18.0. The molecule has 182 valence electrons. The van der Waals surface area contributed by atoms with Crippen LogP contribution in [0.1, 0.15) is 11.3 Å². The highest BCUT2D eigenvalue weighted by Crippen LogP contribution is 2.26. The molecule has 0 aliphatic carbocycles. The lowest BCUT2D eigenvalue weighted by Gasteiger charge is -2.08. The second-order valence-electron chi connectivity index (χ2n) is 8.18. The molecular formula is C28H22FN7O. The minimum Gasteiger partial charge on any atom is -0.508 e. The third-order valence-corrected chi connectivity index (χ3v) is 5.52. The molecule has 2 aromatic carbocycles. The number of pyridine rings is 2. The van der Waals surface area contributed by atoms with E-state index >= 15 is 0 Å². The lowest BCUT2D eigenvalue weighted by molar-refractivity contribution is 0.475. The predicted molar refractivity (Wildman–Crippen MR) is 142 cm³/mol. The maximum Gasteiger partial charge on any atom is 0.244 e. The number of nitrogens with one attached hydrogen (secondary N) is 2. The molecule has 0 fully saturated rings. The van der Waals surface area contributed by atoms with Gasteiger partial charge in [-0.1, -0.05) is 24.3 Å². The molecule has 0 unspecified atom stereocenters. The fourth-order valence-corrected chi connectivity index (χ4v) is 3.66. The van der Waals surface area contributed by atoms with Gasteiger partial charge >= 0.3 is 0 Å². The first-order valence-corrected chi connectivity index (χ1v) is 11.4. The third kappa shape index (κ3) is 5.73. The van der Waals surface area contributed by atoms with Crippen LogP contribution in [0.2, 0.25) is 0 Å². The summed E-state index contributed by atoms with van der Waals surface area (Å²) in [4.78, 5) is 16.6. The Morgan fingerprint density at radius 1 is 0.892 bits per heavy atom. The zero-order chi connectivity index (χ0) is 25.6. The highest BCUT2D eigenvalue weighted by molar-refractivity contribution is 5.78. The molecule has 8 nitrogen and oxygen atoms in total. The van der Waals surface area contributed by atoms with E-state index < -0.39 is 5.82 Å². The maximum atomic E-state index is 14.3. The summed E-state index contributed by atoms with van der Waals surface area (Å²) >= 11 is 0. The molecule has 0 bridgehead atoms. The molecular weight excluding hydrogens is 469 g/mol. The Bertz CT molecular complexity index is 1550. The summed E-state index contributed by atoms with van der Waals surface area (Å²) < 4.78 is 14.3. The Morgan fingerprint density at radius 3 is 2.49 bits per heavy atom. The molecule has 0 amide bonds. The average molecular weight is 492 g/mol. The van der Waals surface area contributed by atoms with Crippen LogP contribution in [0.4, 0.5) is 21.7 Å². The van der Waals surface area contributed by atoms with E-state index in [0.717, 1.165) is 34.3 Å². The number of halogens is 1. The van der Waals surface area contributed by atoms with Crippen molar-refractivity contribution in [2.24, 2.45) is 5.10 Å². The van der Waals surface area contributed by atoms with Crippen LogP contribution in [0, 0.1) is 12.7 Å². The van der Waals surface area contributed by atoms with Crippen LogP contribution in [-0.2, 0) is 0 Å². The van der Waals surface area contributed by atoms with E-state index in [1.54, 1.807) is 36.8 Å². The summed E-state index contributed by atoms with van der Waals surface area (Å²) in [5.74, 6) is -0.126. The van der Waals surface area contributed by atoms with Gasteiger partial charge in [0.2, 0.25) is 5.95 Å². The summed E-state index contributed by atoms with van der Waals surface area (Å²) in [7, 11) is 0. The SMILES string of the molecule is Cc1cnccc1-c1nc(N/N=C/c2ccc(Nc3ccc(-c4cccc(O)c4)cc3)cn2)ncc1F. The second kappa shape index (κ2) is 10.6. The second-order valence-corrected chi connectivity index (χ2v) is 8.18. The Morgan fingerprint density at radius 2 is 1.73 bits per heavy atom. The zero-order valence-corrected chi connectivity index (χ0v) is 19.8. The van der Waals surface area contributed by atoms with Crippen LogP contribution in [0.5, 0.6) is 5.75 Å². The van der Waals surface area contributed by atoms with Gasteiger partial charge in [-0.15, -0.1) is 0 Å². The standard InChI is InChI=1S/C28H22FN7O/c1-18-14-30-12-11-25(18)27-26(29)17-32-28(35-27)36-33-16-22-9-10-23(15-31-22)34-21-7-5-19(6-8-21)20-3-2-4-24(37)13-20/h2-17,34,37H,1H3,(H,32,35,36)/b33-16+. The van der Waals surface area contributed by atoms with Crippen LogP contribution in [-0.4, -0.2) is 31.3 Å². The van der Waals surface area contributed by atoms with E-state index in [9.17, 15) is 9.50 Å². The largest absolute Gasteiger partial charge is 0.508 e. The van der Waals surface area contributed by atoms with Crippen molar-refractivity contribution in [2.45, 2.75) is 6.92 Å². The quantitative estimate of drug-likeness (QED) is 0.191. The third-order valence-electron chi connectivity index (χ3n) is 5.52. The summed E-state index contributed by atoms with van der Waals surface area (Å²) in [6, 6.07) is 20.4. The van der Waals surface area contributed by atoms with Crippen LogP contribution in [0.25, 0.3) is 22.4 Å². The van der Waals surface area contributed by atoms with Gasteiger partial charge in [-0.05, 0) is 66.1 Å². The minimum absolute atomic E-state index is 0.163. The number of rotatable bonds is 7. The van der Waals surface area contributed by atoms with Crippen molar-refractivity contribution < 1.29 is 9.50 Å². The molecule has 3 heterocycles. The Hall–Kier alpha value is -5.18. The van der Waals surface area contributed by atoms with Gasteiger partial charge in [0.1, 0.15) is 11.4 Å². The van der Waals surface area contributed by atoms with Crippen molar-refractivity contribution in [1.29, 1.82) is 0 Å². The van der Waals surface area contributed by atoms with Gasteiger partial charge in [0, 0.05) is 23.6 Å². The zero-order valence-electron chi connectivity index (χ0n) is 19.8. The number of aromatic nitrogens is 4. The van der Waals surface area contributed by atoms with E-state index in [2.05, 4.69) is 35.8 Å². The van der Waals surface area contributed by atoms with Crippen LogP contribution < -0.4 is 10.7 Å². The van der Waals surface area contributed by atoms with Crippen molar-refractivity contribution in [3.8, 4) is 28.1 Å². The van der Waals surface area contributed by atoms with Crippen LogP contribution >= 0.6 is 0 Å². The Kier molecular flexibility index (Phi) is 6.76. The number of phenols is 1. The smallest absolute Gasteiger partial charge is 0.244 e. The van der Waals surface area contributed by atoms with Gasteiger partial charge in [0.25, 0.3) is 0 Å². The molecule has 0 saturated heterocycles. The molecule has 9 heteroatoms. The summed E-state index contributed by atoms with van der Waals surface area (Å²) in [5, 5.41) is 17.1. The topological polar surface area (TPSA) is 108 Å². The van der Waals surface area contributed by atoms with Gasteiger partial charge in [-0.2, -0.15) is 5.10 Å². The molecule has 3 N–H and O–H groups in total. The lowest BCUT2D eigenvalue weighted by Crippen LogP contribution is -2.01. The van der Waals surface area contributed by atoms with E-state index in [4.69, 9.17) is 0 Å². The Labute approximate surface area is 212 Å². The molecule has 0 atom stereocenters. The molecule has 0 aliphatic rings. The number of anilines is 3. The van der Waals surface area contributed by atoms with E-state index in [0.29, 0.717) is 11.3 Å². The van der Waals surface area contributed by atoms with E-state index in [1.807, 2.05) is 55.5 Å². The van der Waals surface area contributed by atoms with Gasteiger partial charge in [-0.25, -0.2) is 19.8 Å². The fourth-order valence-electron chi connectivity index (χ4n) is 3.66. The number of aromatic hydroxyl groups is 1. The highest BCUT2D eigenvalue weighted by Gasteiger charge is 2.11. The van der Waals surface area contributed by atoms with Gasteiger partial charge in [-0.3, -0.25) is 9.97 Å². The van der Waals surface area contributed by atoms with Gasteiger partial charge in [0.05, 0.1) is 30.0 Å². The van der Waals surface area contributed by atoms with Gasteiger partial charge in [0.15, 0.2) is 5.82 Å². The van der Waals surface area contributed by atoms with E-state index in [-0.39, 0.29) is 17.4 Å². The summed E-state index contributed by atoms with van der Waals surface area (Å²) in [5.41, 5.74) is 8.63. The monoisotopic (exact) mass is 491 g/mol. The molecule has 5 aromatic rings. The number of benzene rings is 2. The number of hydrogen-bond acceptors (Lipinski definition) is 8. The molecule has 0 spiro atoms. The number of aryl methyl sites for hydroxylation is 1. The lowest BCUT2D eigenvalue weighted by atomic mass is 10.1. The summed E-state index contributed by atoms with van der Waals surface area (Å²) in [6.07, 6.45) is 7.57. The van der Waals surface area contributed by atoms with Crippen molar-refractivity contribution in [3.05, 3.63) is 109 Å². The van der Waals surface area contributed by atoms with Crippen molar-refractivity contribution >= 4 is 23.5 Å². The highest BCUT2D eigenvalue weighted by atomic mass is 19.1.